The third-order valence-corrected chi connectivity index (χ3v) is 6.22. The van der Waals surface area contributed by atoms with Crippen LogP contribution in [0.15, 0.2) is 48.5 Å². The third-order valence-electron chi connectivity index (χ3n) is 5.87. The Balaban J connectivity index is 1.52. The Hall–Kier alpha value is -3.78. The number of carbonyl (C=O) groups excluding carboxylic acids is 2. The van der Waals surface area contributed by atoms with Crippen LogP contribution in [0.3, 0.4) is 0 Å². The molecule has 0 saturated carbocycles. The van der Waals surface area contributed by atoms with E-state index in [0.717, 1.165) is 0 Å². The Kier molecular flexibility index (Phi) is 3.91. The minimum absolute atomic E-state index is 0.0110. The number of rotatable bonds is 2. The Morgan fingerprint density at radius 1 is 1.00 bits per heavy atom. The van der Waals surface area contributed by atoms with Crippen LogP contribution in [0.4, 0.5) is 20.4 Å². The van der Waals surface area contributed by atoms with Gasteiger partial charge in [-0.15, -0.1) is 0 Å². The van der Waals surface area contributed by atoms with Crippen molar-refractivity contribution < 1.29 is 18.4 Å². The highest BCUT2D eigenvalue weighted by Gasteiger charge is 2.35. The van der Waals surface area contributed by atoms with Crippen LogP contribution in [0, 0.1) is 11.6 Å². The van der Waals surface area contributed by atoms with E-state index in [2.05, 4.69) is 15.3 Å². The summed E-state index contributed by atoms with van der Waals surface area (Å²) in [6, 6.07) is 10.7. The van der Waals surface area contributed by atoms with Crippen molar-refractivity contribution in [1.82, 2.24) is 15.3 Å². The summed E-state index contributed by atoms with van der Waals surface area (Å²) in [5.41, 5.74) is 3.43. The van der Waals surface area contributed by atoms with E-state index in [1.165, 1.54) is 36.4 Å². The molecule has 0 fully saturated rings. The van der Waals surface area contributed by atoms with Crippen molar-refractivity contribution in [2.24, 2.45) is 0 Å². The van der Waals surface area contributed by atoms with E-state index >= 15 is 0 Å². The summed E-state index contributed by atoms with van der Waals surface area (Å²) >= 11 is 6.32. The van der Waals surface area contributed by atoms with E-state index < -0.39 is 17.7 Å². The fourth-order valence-corrected chi connectivity index (χ4v) is 4.66. The number of ketones is 1. The van der Waals surface area contributed by atoms with Crippen molar-refractivity contribution in [2.75, 3.05) is 11.4 Å². The highest BCUT2D eigenvalue weighted by molar-refractivity contribution is 6.31. The number of benzene rings is 3. The molecule has 2 aliphatic rings. The Morgan fingerprint density at radius 3 is 2.62 bits per heavy atom. The van der Waals surface area contributed by atoms with Crippen LogP contribution < -0.4 is 10.2 Å². The first kappa shape index (κ1) is 18.9. The Labute approximate surface area is 184 Å². The molecule has 3 aromatic carbocycles. The van der Waals surface area contributed by atoms with Crippen molar-refractivity contribution in [3.05, 3.63) is 87.4 Å². The number of aromatic nitrogens is 2. The lowest BCUT2D eigenvalue weighted by atomic mass is 9.97. The lowest BCUT2D eigenvalue weighted by Crippen LogP contribution is -2.20. The number of aromatic amines is 1. The van der Waals surface area contributed by atoms with Gasteiger partial charge in [0.25, 0.3) is 5.91 Å². The van der Waals surface area contributed by atoms with Gasteiger partial charge >= 0.3 is 0 Å². The number of nitrogens with zero attached hydrogens (tertiary/aromatic N) is 2. The average Bonchev–Trinajstić information content (AvgIpc) is 3.43. The number of carbonyl (C=O) groups is 2. The number of fused-ring (bicyclic) bond motifs is 4. The Morgan fingerprint density at radius 2 is 1.78 bits per heavy atom. The van der Waals surface area contributed by atoms with Crippen molar-refractivity contribution >= 4 is 46.0 Å². The second-order valence-corrected chi connectivity index (χ2v) is 8.13. The van der Waals surface area contributed by atoms with Crippen LogP contribution in [0.5, 0.6) is 0 Å². The highest BCUT2D eigenvalue weighted by Crippen LogP contribution is 2.40. The van der Waals surface area contributed by atoms with Gasteiger partial charge in [0.05, 0.1) is 29.3 Å². The lowest BCUT2D eigenvalue weighted by molar-refractivity contribution is 0.0959. The smallest absolute Gasteiger partial charge is 0.252 e. The number of Topliss-reactive ketones (excluding diaryl/α,β-unsaturated/α-hetero) is 1. The van der Waals surface area contributed by atoms with Gasteiger partial charge in [-0.3, -0.25) is 9.59 Å². The molecule has 0 saturated heterocycles. The number of halogens is 3. The van der Waals surface area contributed by atoms with Crippen LogP contribution in [0.2, 0.25) is 5.02 Å². The van der Waals surface area contributed by atoms with E-state index in [4.69, 9.17) is 11.6 Å². The third kappa shape index (κ3) is 2.66. The van der Waals surface area contributed by atoms with E-state index in [1.54, 1.807) is 17.0 Å². The topological polar surface area (TPSA) is 78.1 Å². The molecule has 0 aliphatic carbocycles. The van der Waals surface area contributed by atoms with Gasteiger partial charge in [-0.05, 0) is 48.5 Å². The molecule has 158 valence electrons. The van der Waals surface area contributed by atoms with Crippen molar-refractivity contribution in [3.8, 4) is 0 Å². The molecule has 0 bridgehead atoms. The average molecular weight is 451 g/mol. The molecule has 32 heavy (non-hydrogen) atoms. The number of hydrogen-bond acceptors (Lipinski definition) is 4. The molecule has 2 aliphatic heterocycles. The molecule has 1 aromatic heterocycles. The molecular weight excluding hydrogens is 438 g/mol. The number of amides is 1. The minimum atomic E-state index is -0.667. The highest BCUT2D eigenvalue weighted by atomic mass is 35.5. The zero-order valence-corrected chi connectivity index (χ0v) is 17.0. The maximum atomic E-state index is 13.9. The van der Waals surface area contributed by atoms with Gasteiger partial charge in [0.2, 0.25) is 5.95 Å². The number of anilines is 2. The predicted octanol–water partition coefficient (Wildman–Crippen LogP) is 4.66. The molecule has 4 aromatic rings. The molecule has 1 unspecified atom stereocenters. The first-order valence-corrected chi connectivity index (χ1v) is 10.2. The first-order chi connectivity index (χ1) is 15.4. The first-order valence-electron chi connectivity index (χ1n) is 9.79. The number of hydrogen-bond donors (Lipinski definition) is 2. The molecular formula is C23H13ClF2N4O2. The summed E-state index contributed by atoms with van der Waals surface area (Å²) in [7, 11) is 0. The molecule has 6 nitrogen and oxygen atoms in total. The largest absolute Gasteiger partial charge is 0.341 e. The number of H-pyrrole nitrogens is 1. The zero-order chi connectivity index (χ0) is 22.1. The molecule has 1 amide bonds. The molecule has 3 heterocycles. The predicted molar refractivity (Wildman–Crippen MR) is 115 cm³/mol. The van der Waals surface area contributed by atoms with Crippen LogP contribution >= 0.6 is 11.6 Å². The number of imidazole rings is 1. The standard InChI is InChI=1S/C23H13ClF2N4O2/c24-15-4-1-10(25)7-13(15)20-19-12(22(32)28-20)3-5-16-21(19)29-23(27-16)30-9-18(31)14-8-11(26)2-6-17(14)30/h1-8,20H,9H2,(H,27,29)(H,28,32). The van der Waals surface area contributed by atoms with Gasteiger partial charge < -0.3 is 15.2 Å². The van der Waals surface area contributed by atoms with Gasteiger partial charge in [0, 0.05) is 27.3 Å². The monoisotopic (exact) mass is 450 g/mol. The van der Waals surface area contributed by atoms with E-state index in [0.29, 0.717) is 44.4 Å². The van der Waals surface area contributed by atoms with Gasteiger partial charge in [-0.1, -0.05) is 11.6 Å². The molecule has 0 radical (unpaired) electrons. The number of nitrogens with one attached hydrogen (secondary N) is 2. The van der Waals surface area contributed by atoms with Crippen LogP contribution in [-0.4, -0.2) is 28.2 Å². The molecule has 1 atom stereocenters. The summed E-state index contributed by atoms with van der Waals surface area (Å²) < 4.78 is 27.6. The Bertz CT molecular complexity index is 1480. The van der Waals surface area contributed by atoms with Gasteiger partial charge in [-0.2, -0.15) is 0 Å². The molecule has 0 spiro atoms. The van der Waals surface area contributed by atoms with Crippen LogP contribution in [0.1, 0.15) is 37.9 Å². The molecule has 6 rings (SSSR count). The molecule has 2 N–H and O–H groups in total. The van der Waals surface area contributed by atoms with Crippen molar-refractivity contribution in [1.29, 1.82) is 0 Å². The maximum absolute atomic E-state index is 13.9. The second kappa shape index (κ2) is 6.61. The summed E-state index contributed by atoms with van der Waals surface area (Å²) in [5, 5.41) is 3.18. The normalized spacial score (nSPS) is 17.1. The van der Waals surface area contributed by atoms with E-state index in [-0.39, 0.29) is 23.8 Å². The van der Waals surface area contributed by atoms with Gasteiger partial charge in [-0.25, -0.2) is 13.8 Å². The van der Waals surface area contributed by atoms with Gasteiger partial charge in [0.1, 0.15) is 11.6 Å². The lowest BCUT2D eigenvalue weighted by Gasteiger charge is -2.15. The van der Waals surface area contributed by atoms with E-state index in [1.807, 2.05) is 0 Å². The SMILES string of the molecule is O=C1CN(c2nc3ccc4c(c3[nH]2)C(c2cc(F)ccc2Cl)NC4=O)c2ccc(F)cc21. The summed E-state index contributed by atoms with van der Waals surface area (Å²) in [5.74, 6) is -1.09. The van der Waals surface area contributed by atoms with Crippen LogP contribution in [0.25, 0.3) is 11.0 Å². The summed E-state index contributed by atoms with van der Waals surface area (Å²) in [4.78, 5) is 34.5. The second-order valence-electron chi connectivity index (χ2n) is 7.72. The zero-order valence-electron chi connectivity index (χ0n) is 16.2. The fraction of sp³-hybridized carbons (Fsp3) is 0.0870. The quantitative estimate of drug-likeness (QED) is 0.465. The summed E-state index contributed by atoms with van der Waals surface area (Å²) in [6.45, 7) is 0.0110. The van der Waals surface area contributed by atoms with E-state index in [9.17, 15) is 18.4 Å². The van der Waals surface area contributed by atoms with Gasteiger partial charge in [0.15, 0.2) is 5.78 Å². The summed E-state index contributed by atoms with van der Waals surface area (Å²) in [6.07, 6.45) is 0. The minimum Gasteiger partial charge on any atom is -0.341 e. The molecule has 9 heteroatoms. The fourth-order valence-electron chi connectivity index (χ4n) is 4.43. The maximum Gasteiger partial charge on any atom is 0.252 e. The van der Waals surface area contributed by atoms with Crippen LogP contribution in [-0.2, 0) is 0 Å². The van der Waals surface area contributed by atoms with Crippen molar-refractivity contribution in [3.63, 3.8) is 0 Å². The van der Waals surface area contributed by atoms with Crippen molar-refractivity contribution in [2.45, 2.75) is 6.04 Å².